The Labute approximate surface area is 104 Å². The molecule has 4 nitrogen and oxygen atoms in total. The summed E-state index contributed by atoms with van der Waals surface area (Å²) in [5.74, 6) is -0.0606. The van der Waals surface area contributed by atoms with Crippen LogP contribution in [0.2, 0.25) is 0 Å². The molecule has 17 heavy (non-hydrogen) atoms. The maximum atomic E-state index is 13.2. The van der Waals surface area contributed by atoms with Crippen LogP contribution in [-0.2, 0) is 9.47 Å². The number of nitrogens with zero attached hydrogens (tertiary/aromatic N) is 1. The first kappa shape index (κ1) is 13.9. The first-order valence-electron chi connectivity index (χ1n) is 4.86. The molecule has 1 aromatic rings. The van der Waals surface area contributed by atoms with Crippen molar-refractivity contribution in [2.75, 3.05) is 20.1 Å². The van der Waals surface area contributed by atoms with Crippen LogP contribution in [0, 0.1) is 5.82 Å². The number of rotatable bonds is 5. The Morgan fingerprint density at radius 2 is 2.12 bits per heavy atom. The standard InChI is InChI=1S/C11H14ClFN2O2/c1-16-11(17-2)8-5-7(13)3-4-9(8)15-10(14)6-12/h3-5,11H,6H2,1-2H3,(H2,14,15). The average molecular weight is 261 g/mol. The van der Waals surface area contributed by atoms with Gasteiger partial charge in [0, 0.05) is 19.8 Å². The zero-order chi connectivity index (χ0) is 12.8. The monoisotopic (exact) mass is 260 g/mol. The second kappa shape index (κ2) is 6.54. The van der Waals surface area contributed by atoms with Crippen molar-refractivity contribution in [3.05, 3.63) is 29.6 Å². The topological polar surface area (TPSA) is 56.8 Å². The number of nitrogens with two attached hydrogens (primary N) is 1. The molecule has 6 heteroatoms. The zero-order valence-electron chi connectivity index (χ0n) is 9.61. The lowest BCUT2D eigenvalue weighted by Gasteiger charge is -2.16. The summed E-state index contributed by atoms with van der Waals surface area (Å²) in [6.07, 6.45) is -0.701. The van der Waals surface area contributed by atoms with Crippen molar-refractivity contribution >= 4 is 23.1 Å². The highest BCUT2D eigenvalue weighted by Gasteiger charge is 2.15. The van der Waals surface area contributed by atoms with E-state index in [9.17, 15) is 4.39 Å². The Hall–Kier alpha value is -1.17. The number of hydrogen-bond donors (Lipinski definition) is 1. The molecule has 0 saturated carbocycles. The maximum Gasteiger partial charge on any atom is 0.185 e. The predicted molar refractivity (Wildman–Crippen MR) is 65.2 cm³/mol. The van der Waals surface area contributed by atoms with Crippen LogP contribution in [-0.4, -0.2) is 25.9 Å². The van der Waals surface area contributed by atoms with Crippen LogP contribution in [0.25, 0.3) is 0 Å². The van der Waals surface area contributed by atoms with E-state index in [1.165, 1.54) is 32.4 Å². The smallest absolute Gasteiger partial charge is 0.185 e. The zero-order valence-corrected chi connectivity index (χ0v) is 10.4. The summed E-state index contributed by atoms with van der Waals surface area (Å²) in [4.78, 5) is 4.07. The van der Waals surface area contributed by atoms with Gasteiger partial charge in [-0.3, -0.25) is 0 Å². The summed E-state index contributed by atoms with van der Waals surface area (Å²) in [5, 5.41) is 0. The minimum atomic E-state index is -0.701. The van der Waals surface area contributed by atoms with Gasteiger partial charge < -0.3 is 15.2 Å². The minimum Gasteiger partial charge on any atom is -0.386 e. The summed E-state index contributed by atoms with van der Waals surface area (Å²) in [6, 6.07) is 4.07. The molecular formula is C11H14ClFN2O2. The van der Waals surface area contributed by atoms with Gasteiger partial charge in [-0.05, 0) is 18.2 Å². The fourth-order valence-corrected chi connectivity index (χ4v) is 1.41. The number of hydrogen-bond acceptors (Lipinski definition) is 3. The summed E-state index contributed by atoms with van der Waals surface area (Å²) in [5.41, 5.74) is 6.47. The third kappa shape index (κ3) is 3.66. The van der Waals surface area contributed by atoms with E-state index < -0.39 is 12.1 Å². The molecule has 0 aliphatic heterocycles. The molecule has 2 N–H and O–H groups in total. The van der Waals surface area contributed by atoms with Gasteiger partial charge in [-0.2, -0.15) is 0 Å². The van der Waals surface area contributed by atoms with Gasteiger partial charge in [0.25, 0.3) is 0 Å². The molecule has 0 fully saturated rings. The average Bonchev–Trinajstić information content (AvgIpc) is 2.33. The third-order valence-corrected chi connectivity index (χ3v) is 2.35. The number of methoxy groups -OCH3 is 2. The van der Waals surface area contributed by atoms with Crippen molar-refractivity contribution in [2.45, 2.75) is 6.29 Å². The molecule has 0 saturated heterocycles. The second-order valence-electron chi connectivity index (χ2n) is 3.24. The number of aliphatic imine (C=N–C) groups is 1. The van der Waals surface area contributed by atoms with Crippen LogP contribution in [0.4, 0.5) is 10.1 Å². The van der Waals surface area contributed by atoms with E-state index in [0.717, 1.165) is 0 Å². The molecule has 94 valence electrons. The van der Waals surface area contributed by atoms with Crippen molar-refractivity contribution in [2.24, 2.45) is 10.7 Å². The van der Waals surface area contributed by atoms with Gasteiger partial charge in [0.15, 0.2) is 6.29 Å². The molecule has 0 bridgehead atoms. The summed E-state index contributed by atoms with van der Waals surface area (Å²) in [6.45, 7) is 0. The molecule has 0 aliphatic rings. The molecule has 1 aromatic carbocycles. The first-order chi connectivity index (χ1) is 8.12. The molecule has 1 rings (SSSR count). The number of ether oxygens (including phenoxy) is 2. The van der Waals surface area contributed by atoms with E-state index in [1.807, 2.05) is 0 Å². The number of halogens is 2. The lowest BCUT2D eigenvalue weighted by Crippen LogP contribution is -2.13. The molecule has 0 unspecified atom stereocenters. The largest absolute Gasteiger partial charge is 0.386 e. The fraction of sp³-hybridized carbons (Fsp3) is 0.364. The predicted octanol–water partition coefficient (Wildman–Crippen LogP) is 2.34. The molecule has 0 aromatic heterocycles. The highest BCUT2D eigenvalue weighted by molar-refractivity contribution is 6.28. The Kier molecular flexibility index (Phi) is 5.34. The van der Waals surface area contributed by atoms with Crippen LogP contribution >= 0.6 is 11.6 Å². The fourth-order valence-electron chi connectivity index (χ4n) is 1.35. The van der Waals surface area contributed by atoms with Crippen molar-refractivity contribution in [3.63, 3.8) is 0 Å². The van der Waals surface area contributed by atoms with Crippen molar-refractivity contribution in [1.82, 2.24) is 0 Å². The van der Waals surface area contributed by atoms with Crippen molar-refractivity contribution in [3.8, 4) is 0 Å². The summed E-state index contributed by atoms with van der Waals surface area (Å²) >= 11 is 5.54. The molecule has 0 amide bonds. The van der Waals surface area contributed by atoms with Crippen molar-refractivity contribution in [1.29, 1.82) is 0 Å². The molecule has 0 radical (unpaired) electrons. The van der Waals surface area contributed by atoms with Gasteiger partial charge in [0.1, 0.15) is 11.7 Å². The Bertz CT molecular complexity index is 408. The van der Waals surface area contributed by atoms with Crippen LogP contribution < -0.4 is 5.73 Å². The molecular weight excluding hydrogens is 247 g/mol. The molecule has 0 atom stereocenters. The van der Waals surface area contributed by atoms with E-state index in [0.29, 0.717) is 11.3 Å². The Morgan fingerprint density at radius 1 is 1.47 bits per heavy atom. The Morgan fingerprint density at radius 3 is 2.65 bits per heavy atom. The van der Waals surface area contributed by atoms with E-state index in [-0.39, 0.29) is 11.7 Å². The number of alkyl halides is 1. The highest BCUT2D eigenvalue weighted by atomic mass is 35.5. The molecule has 0 heterocycles. The van der Waals surface area contributed by atoms with Gasteiger partial charge in [-0.25, -0.2) is 9.38 Å². The maximum absolute atomic E-state index is 13.2. The van der Waals surface area contributed by atoms with Gasteiger partial charge >= 0.3 is 0 Å². The van der Waals surface area contributed by atoms with Gasteiger partial charge in [-0.1, -0.05) is 0 Å². The van der Waals surface area contributed by atoms with E-state index in [1.54, 1.807) is 0 Å². The van der Waals surface area contributed by atoms with Crippen LogP contribution in [0.5, 0.6) is 0 Å². The lowest BCUT2D eigenvalue weighted by atomic mass is 10.1. The van der Waals surface area contributed by atoms with Crippen LogP contribution in [0.3, 0.4) is 0 Å². The normalized spacial score (nSPS) is 12.2. The molecule has 0 aliphatic carbocycles. The highest BCUT2D eigenvalue weighted by Crippen LogP contribution is 2.29. The molecule has 0 spiro atoms. The summed E-state index contributed by atoms with van der Waals surface area (Å²) in [7, 11) is 2.91. The lowest BCUT2D eigenvalue weighted by molar-refractivity contribution is -0.105. The first-order valence-corrected chi connectivity index (χ1v) is 5.39. The van der Waals surface area contributed by atoms with E-state index >= 15 is 0 Å². The number of benzene rings is 1. The van der Waals surface area contributed by atoms with Crippen LogP contribution in [0.1, 0.15) is 11.9 Å². The SMILES string of the molecule is COC(OC)c1cc(F)ccc1N=C(N)CCl. The van der Waals surface area contributed by atoms with E-state index in [4.69, 9.17) is 26.8 Å². The minimum absolute atomic E-state index is 0.0987. The number of amidine groups is 1. The Balaban J connectivity index is 3.20. The second-order valence-corrected chi connectivity index (χ2v) is 3.51. The van der Waals surface area contributed by atoms with E-state index in [2.05, 4.69) is 4.99 Å². The summed E-state index contributed by atoms with van der Waals surface area (Å²) < 4.78 is 23.3. The van der Waals surface area contributed by atoms with Gasteiger partial charge in [0.2, 0.25) is 0 Å². The van der Waals surface area contributed by atoms with Gasteiger partial charge in [-0.15, -0.1) is 11.6 Å². The van der Waals surface area contributed by atoms with Crippen LogP contribution in [0.15, 0.2) is 23.2 Å². The van der Waals surface area contributed by atoms with Gasteiger partial charge in [0.05, 0.1) is 11.6 Å². The third-order valence-electron chi connectivity index (χ3n) is 2.07. The van der Waals surface area contributed by atoms with Crippen molar-refractivity contribution < 1.29 is 13.9 Å². The quantitative estimate of drug-likeness (QED) is 0.383.